The summed E-state index contributed by atoms with van der Waals surface area (Å²) in [6, 6.07) is 17.3. The maximum Gasteiger partial charge on any atom is 0.282 e. The first kappa shape index (κ1) is 41.4. The number of carbonyl (C=O) groups is 4. The number of imide groups is 1. The Bertz CT molecular complexity index is 2620. The Balaban J connectivity index is 0.000000518. The zero-order chi connectivity index (χ0) is 43.7. The number of anilines is 1. The van der Waals surface area contributed by atoms with E-state index in [0.717, 1.165) is 137 Å². The standard InChI is InChI=1S/C45H49ClN6O4.C5H7NO2/c46-35-5-4-6-37-38(35)41(54)48-43-45(15-2-1-3-16-45)34-25-30(7-10-36(34)52(37)43)50-21-13-29(14-22-50)49-19-11-28(12-20-49)42(55)51-23-17-44(18-24-51)27-56-39-32-26-47-40(53)31(32)8-9-33(39)44;7-4-2-1-3-5(8)6-4/h4-10,25,28-29H,1-3,11-24,26-27H2,(H,47,53);1-3H2,(H,6,7,8). The van der Waals surface area contributed by atoms with Crippen molar-refractivity contribution in [1.29, 1.82) is 0 Å². The maximum absolute atomic E-state index is 13.8. The second-order valence-electron chi connectivity index (χ2n) is 19.5. The molecule has 14 heteroatoms. The molecule has 12 rings (SSSR count). The first-order chi connectivity index (χ1) is 31.1. The summed E-state index contributed by atoms with van der Waals surface area (Å²) in [5, 5.41) is 6.10. The molecule has 5 fully saturated rings. The molecule has 4 aromatic rings. The van der Waals surface area contributed by atoms with Crippen LogP contribution in [0.3, 0.4) is 0 Å². The van der Waals surface area contributed by atoms with Crippen LogP contribution in [0.25, 0.3) is 16.6 Å². The van der Waals surface area contributed by atoms with Crippen molar-refractivity contribution >= 4 is 51.8 Å². The molecule has 3 aromatic carbocycles. The van der Waals surface area contributed by atoms with Gasteiger partial charge in [0.05, 0.1) is 33.6 Å². The lowest BCUT2D eigenvalue weighted by Crippen LogP contribution is -2.51. The van der Waals surface area contributed by atoms with Crippen LogP contribution in [0.4, 0.5) is 5.69 Å². The molecule has 4 saturated heterocycles. The molecule has 8 heterocycles. The Morgan fingerprint density at radius 2 is 1.55 bits per heavy atom. The van der Waals surface area contributed by atoms with Gasteiger partial charge in [-0.2, -0.15) is 4.98 Å². The number of benzene rings is 3. The number of aromatic nitrogens is 2. The Morgan fingerprint density at radius 3 is 2.27 bits per heavy atom. The van der Waals surface area contributed by atoms with Crippen LogP contribution in [0.15, 0.2) is 53.3 Å². The fourth-order valence-corrected chi connectivity index (χ4v) is 12.8. The molecule has 64 heavy (non-hydrogen) atoms. The Kier molecular flexibility index (Phi) is 10.6. The lowest BCUT2D eigenvalue weighted by molar-refractivity contribution is -0.139. The van der Waals surface area contributed by atoms with Gasteiger partial charge in [0.2, 0.25) is 17.7 Å². The van der Waals surface area contributed by atoms with E-state index in [0.29, 0.717) is 54.8 Å². The number of nitrogens with one attached hydrogen (secondary N) is 2. The third-order valence-corrected chi connectivity index (χ3v) is 16.4. The quantitative estimate of drug-likeness (QED) is 0.227. The monoisotopic (exact) mass is 885 g/mol. The molecule has 4 amide bonds. The number of rotatable bonds is 3. The molecule has 0 bridgehead atoms. The minimum absolute atomic E-state index is 0.0152. The van der Waals surface area contributed by atoms with E-state index in [-0.39, 0.29) is 40.0 Å². The van der Waals surface area contributed by atoms with Crippen molar-refractivity contribution in [3.63, 3.8) is 0 Å². The highest BCUT2D eigenvalue weighted by Gasteiger charge is 2.48. The third-order valence-electron chi connectivity index (χ3n) is 16.1. The van der Waals surface area contributed by atoms with Gasteiger partial charge in [0.15, 0.2) is 0 Å². The predicted molar refractivity (Wildman–Crippen MR) is 243 cm³/mol. The van der Waals surface area contributed by atoms with Crippen LogP contribution in [0.2, 0.25) is 5.02 Å². The highest BCUT2D eigenvalue weighted by atomic mass is 35.5. The molecule has 1 saturated carbocycles. The molecule has 8 aliphatic rings. The van der Waals surface area contributed by atoms with E-state index in [2.05, 4.69) is 54.2 Å². The lowest BCUT2D eigenvalue weighted by atomic mass is 9.69. The molecule has 1 aromatic heterocycles. The summed E-state index contributed by atoms with van der Waals surface area (Å²) in [6.07, 6.45) is 13.1. The van der Waals surface area contributed by atoms with Gasteiger partial charge in [0.25, 0.3) is 11.5 Å². The fourth-order valence-electron chi connectivity index (χ4n) is 12.5. The zero-order valence-electron chi connectivity index (χ0n) is 36.4. The van der Waals surface area contributed by atoms with Gasteiger partial charge in [0, 0.05) is 85.3 Å². The molecule has 13 nitrogen and oxygen atoms in total. The molecular weight excluding hydrogens is 830 g/mol. The number of carbonyl (C=O) groups excluding carboxylic acids is 4. The normalized spacial score (nSPS) is 22.6. The molecule has 1 aliphatic carbocycles. The number of fused-ring (bicyclic) bond motifs is 11. The Labute approximate surface area is 377 Å². The van der Waals surface area contributed by atoms with Crippen LogP contribution in [0.5, 0.6) is 5.75 Å². The molecular formula is C50H56ClN7O6. The Hall–Kier alpha value is -5.27. The smallest absolute Gasteiger partial charge is 0.282 e. The predicted octanol–water partition coefficient (Wildman–Crippen LogP) is 6.29. The van der Waals surface area contributed by atoms with Crippen molar-refractivity contribution in [2.75, 3.05) is 50.8 Å². The van der Waals surface area contributed by atoms with Crippen LogP contribution in [-0.2, 0) is 31.8 Å². The van der Waals surface area contributed by atoms with Gasteiger partial charge in [-0.05, 0) is 113 Å². The summed E-state index contributed by atoms with van der Waals surface area (Å²) in [5.41, 5.74) is 7.00. The van der Waals surface area contributed by atoms with E-state index in [1.807, 2.05) is 18.2 Å². The number of nitrogens with zero attached hydrogens (tertiary/aromatic N) is 5. The van der Waals surface area contributed by atoms with Gasteiger partial charge in [-0.1, -0.05) is 43.0 Å². The summed E-state index contributed by atoms with van der Waals surface area (Å²) in [7, 11) is 0. The number of likely N-dealkylation sites (tertiary alicyclic amines) is 2. The average molecular weight is 886 g/mol. The molecule has 0 atom stereocenters. The number of hydrogen-bond donors (Lipinski definition) is 2. The summed E-state index contributed by atoms with van der Waals surface area (Å²) in [4.78, 5) is 72.2. The molecule has 2 N–H and O–H groups in total. The summed E-state index contributed by atoms with van der Waals surface area (Å²) in [6.45, 7) is 6.71. The lowest BCUT2D eigenvalue weighted by Gasteiger charge is -2.44. The van der Waals surface area contributed by atoms with Crippen molar-refractivity contribution in [1.82, 2.24) is 30.0 Å². The number of amides is 4. The first-order valence-electron chi connectivity index (χ1n) is 23.7. The number of piperidine rings is 4. The van der Waals surface area contributed by atoms with Crippen molar-refractivity contribution in [2.45, 2.75) is 113 Å². The number of hydrogen-bond acceptors (Lipinski definition) is 9. The van der Waals surface area contributed by atoms with E-state index in [1.165, 1.54) is 23.2 Å². The first-order valence-corrected chi connectivity index (χ1v) is 24.0. The van der Waals surface area contributed by atoms with Crippen molar-refractivity contribution in [3.05, 3.63) is 92.0 Å². The summed E-state index contributed by atoms with van der Waals surface area (Å²) >= 11 is 6.57. The van der Waals surface area contributed by atoms with Gasteiger partial charge in [-0.15, -0.1) is 0 Å². The Morgan fingerprint density at radius 1 is 0.797 bits per heavy atom. The van der Waals surface area contributed by atoms with Crippen LogP contribution in [0, 0.1) is 5.92 Å². The maximum atomic E-state index is 13.8. The van der Waals surface area contributed by atoms with Gasteiger partial charge < -0.3 is 24.8 Å². The fraction of sp³-hybridized carbons (Fsp3) is 0.520. The van der Waals surface area contributed by atoms with Gasteiger partial charge in [-0.3, -0.25) is 33.9 Å². The highest BCUT2D eigenvalue weighted by molar-refractivity contribution is 6.35. The van der Waals surface area contributed by atoms with Crippen molar-refractivity contribution < 1.29 is 23.9 Å². The topological polar surface area (TPSA) is 146 Å². The molecule has 7 aliphatic heterocycles. The minimum Gasteiger partial charge on any atom is -0.492 e. The highest BCUT2D eigenvalue weighted by Crippen LogP contribution is 2.53. The average Bonchev–Trinajstić information content (AvgIpc) is 3.96. The number of halogens is 1. The van der Waals surface area contributed by atoms with E-state index >= 15 is 0 Å². The van der Waals surface area contributed by atoms with E-state index in [4.69, 9.17) is 21.3 Å². The molecule has 0 unspecified atom stereocenters. The summed E-state index contributed by atoms with van der Waals surface area (Å²) in [5.74, 6) is 1.95. The minimum atomic E-state index is -0.244. The SMILES string of the molecule is O=C1CCCC(=O)N1.O=C1NCc2c1ccc1c2OCC12CCN(C(=O)C1CCN(C3CCN(c4ccc5c(c4)C4(CCCCC4)c4nc(=O)c6c(Cl)cccc6n4-5)CC3)CC1)CC2. The molecule has 334 valence electrons. The van der Waals surface area contributed by atoms with Gasteiger partial charge in [-0.25, -0.2) is 0 Å². The van der Waals surface area contributed by atoms with Crippen LogP contribution >= 0.6 is 11.6 Å². The van der Waals surface area contributed by atoms with Crippen LogP contribution < -0.4 is 25.8 Å². The second-order valence-corrected chi connectivity index (χ2v) is 19.9. The van der Waals surface area contributed by atoms with Crippen LogP contribution in [-0.4, -0.2) is 94.9 Å². The summed E-state index contributed by atoms with van der Waals surface area (Å²) < 4.78 is 8.48. The van der Waals surface area contributed by atoms with E-state index < -0.39 is 0 Å². The van der Waals surface area contributed by atoms with Gasteiger partial charge >= 0.3 is 0 Å². The second kappa shape index (κ2) is 16.3. The molecule has 2 spiro atoms. The van der Waals surface area contributed by atoms with Crippen molar-refractivity contribution in [2.24, 2.45) is 5.92 Å². The third kappa shape index (κ3) is 6.91. The van der Waals surface area contributed by atoms with Gasteiger partial charge in [0.1, 0.15) is 11.6 Å². The zero-order valence-corrected chi connectivity index (χ0v) is 37.1. The van der Waals surface area contributed by atoms with E-state index in [1.54, 1.807) is 6.07 Å². The number of ether oxygens (including phenoxy) is 1. The van der Waals surface area contributed by atoms with Crippen molar-refractivity contribution in [3.8, 4) is 11.4 Å². The van der Waals surface area contributed by atoms with Crippen LogP contribution in [0.1, 0.15) is 123 Å². The molecule has 0 radical (unpaired) electrons. The largest absolute Gasteiger partial charge is 0.492 e. The van der Waals surface area contributed by atoms with E-state index in [9.17, 15) is 24.0 Å².